The average molecular weight is 369 g/mol. The van der Waals surface area contributed by atoms with Crippen LogP contribution in [0.1, 0.15) is 24.2 Å². The molecule has 2 heterocycles. The summed E-state index contributed by atoms with van der Waals surface area (Å²) in [5.41, 5.74) is -0.296. The summed E-state index contributed by atoms with van der Waals surface area (Å²) in [4.78, 5) is 11.1. The summed E-state index contributed by atoms with van der Waals surface area (Å²) in [6.45, 7) is -0.341. The summed E-state index contributed by atoms with van der Waals surface area (Å²) in [5.74, 6) is -2.96. The molecule has 4 rings (SSSR count). The van der Waals surface area contributed by atoms with E-state index in [2.05, 4.69) is 20.3 Å². The van der Waals surface area contributed by atoms with Crippen molar-refractivity contribution in [2.24, 2.45) is 0 Å². The maximum atomic E-state index is 13.9. The predicted octanol–water partition coefficient (Wildman–Crippen LogP) is 3.75. The molecule has 0 spiro atoms. The Kier molecular flexibility index (Phi) is 3.78. The molecule has 1 aliphatic carbocycles. The first-order chi connectivity index (χ1) is 12.3. The van der Waals surface area contributed by atoms with Gasteiger partial charge in [0.1, 0.15) is 17.2 Å². The number of aromatic nitrogens is 4. The van der Waals surface area contributed by atoms with Crippen molar-refractivity contribution >= 4 is 17.0 Å². The van der Waals surface area contributed by atoms with E-state index in [0.717, 1.165) is 25.0 Å². The number of imidazole rings is 1. The fraction of sp³-hybridized carbons (Fsp3) is 0.312. The maximum absolute atomic E-state index is 13.9. The van der Waals surface area contributed by atoms with Crippen molar-refractivity contribution in [3.63, 3.8) is 0 Å². The predicted molar refractivity (Wildman–Crippen MR) is 82.4 cm³/mol. The van der Waals surface area contributed by atoms with Crippen LogP contribution in [0.15, 0.2) is 24.5 Å². The smallest absolute Gasteiger partial charge is 0.365 e. The van der Waals surface area contributed by atoms with Crippen molar-refractivity contribution in [1.29, 1.82) is 0 Å². The van der Waals surface area contributed by atoms with Gasteiger partial charge in [-0.1, -0.05) is 6.07 Å². The number of alkyl halides is 3. The van der Waals surface area contributed by atoms with E-state index < -0.39 is 23.6 Å². The fourth-order valence-electron chi connectivity index (χ4n) is 2.56. The number of nitrogens with one attached hydrogen (secondary N) is 1. The van der Waals surface area contributed by atoms with Crippen LogP contribution in [0.25, 0.3) is 11.2 Å². The number of hydrogen-bond acceptors (Lipinski definition) is 4. The Bertz CT molecular complexity index is 957. The van der Waals surface area contributed by atoms with Gasteiger partial charge in [-0.2, -0.15) is 13.2 Å². The van der Waals surface area contributed by atoms with Crippen LogP contribution >= 0.6 is 0 Å². The van der Waals surface area contributed by atoms with Crippen LogP contribution in [0, 0.1) is 11.6 Å². The minimum absolute atomic E-state index is 0.0300. The normalized spacial score (nSPS) is 14.8. The second kappa shape index (κ2) is 5.89. The first-order valence-corrected chi connectivity index (χ1v) is 7.82. The van der Waals surface area contributed by atoms with Gasteiger partial charge in [0, 0.05) is 11.6 Å². The van der Waals surface area contributed by atoms with Crippen molar-refractivity contribution in [3.8, 4) is 0 Å². The van der Waals surface area contributed by atoms with Crippen LogP contribution in [-0.2, 0) is 12.7 Å². The topological polar surface area (TPSA) is 55.6 Å². The molecule has 10 heteroatoms. The molecule has 136 valence electrons. The molecule has 0 aliphatic heterocycles. The van der Waals surface area contributed by atoms with Crippen molar-refractivity contribution in [3.05, 3.63) is 47.5 Å². The zero-order valence-corrected chi connectivity index (χ0v) is 13.2. The Hall–Kier alpha value is -2.78. The lowest BCUT2D eigenvalue weighted by Crippen LogP contribution is -2.15. The average Bonchev–Trinajstić information content (AvgIpc) is 3.29. The standard InChI is InChI=1S/C16H12F5N5/c17-10-2-1-3-11(18)9(10)6-26-7-22-12-13(23-8-4-5-8)24-15(16(19,20)21)25-14(12)26/h1-3,7-8H,4-6H2,(H,23,24,25). The van der Waals surface area contributed by atoms with E-state index in [-0.39, 0.29) is 35.1 Å². The highest BCUT2D eigenvalue weighted by Gasteiger charge is 2.37. The number of hydrogen-bond donors (Lipinski definition) is 1. The molecule has 1 aliphatic rings. The number of nitrogens with zero attached hydrogens (tertiary/aromatic N) is 4. The molecule has 1 aromatic carbocycles. The molecule has 0 unspecified atom stereocenters. The summed E-state index contributed by atoms with van der Waals surface area (Å²) >= 11 is 0. The van der Waals surface area contributed by atoms with E-state index in [4.69, 9.17) is 0 Å². The summed E-state index contributed by atoms with van der Waals surface area (Å²) in [7, 11) is 0. The molecule has 0 atom stereocenters. The molecule has 3 aromatic rings. The minimum atomic E-state index is -4.76. The second-order valence-electron chi connectivity index (χ2n) is 6.06. The van der Waals surface area contributed by atoms with Crippen LogP contribution in [0.5, 0.6) is 0 Å². The second-order valence-corrected chi connectivity index (χ2v) is 6.06. The molecular formula is C16H12F5N5. The highest BCUT2D eigenvalue weighted by Crippen LogP contribution is 2.32. The number of rotatable bonds is 4. The largest absolute Gasteiger partial charge is 0.451 e. The molecule has 2 aromatic heterocycles. The van der Waals surface area contributed by atoms with E-state index in [1.54, 1.807) is 0 Å². The number of anilines is 1. The van der Waals surface area contributed by atoms with Gasteiger partial charge in [0.2, 0.25) is 5.82 Å². The van der Waals surface area contributed by atoms with Gasteiger partial charge in [-0.05, 0) is 25.0 Å². The molecule has 1 saturated carbocycles. The van der Waals surface area contributed by atoms with E-state index in [1.807, 2.05) is 0 Å². The molecular weight excluding hydrogens is 357 g/mol. The van der Waals surface area contributed by atoms with Crippen LogP contribution in [0.3, 0.4) is 0 Å². The highest BCUT2D eigenvalue weighted by molar-refractivity contribution is 5.83. The van der Waals surface area contributed by atoms with E-state index >= 15 is 0 Å². The van der Waals surface area contributed by atoms with Gasteiger partial charge in [-0.25, -0.2) is 23.7 Å². The number of benzene rings is 1. The third-order valence-corrected chi connectivity index (χ3v) is 4.03. The third-order valence-electron chi connectivity index (χ3n) is 4.03. The van der Waals surface area contributed by atoms with Gasteiger partial charge >= 0.3 is 6.18 Å². The molecule has 0 radical (unpaired) electrons. The summed E-state index contributed by atoms with van der Waals surface area (Å²) in [6, 6.07) is 3.41. The first kappa shape index (κ1) is 16.7. The monoisotopic (exact) mass is 369 g/mol. The van der Waals surface area contributed by atoms with Crippen molar-refractivity contribution < 1.29 is 22.0 Å². The molecule has 0 saturated heterocycles. The van der Waals surface area contributed by atoms with Crippen LogP contribution in [0.2, 0.25) is 0 Å². The van der Waals surface area contributed by atoms with Crippen LogP contribution in [-0.4, -0.2) is 25.6 Å². The molecule has 26 heavy (non-hydrogen) atoms. The Morgan fingerprint density at radius 1 is 1.12 bits per heavy atom. The Morgan fingerprint density at radius 2 is 1.81 bits per heavy atom. The van der Waals surface area contributed by atoms with Gasteiger partial charge in [0.05, 0.1) is 12.9 Å². The number of halogens is 5. The summed E-state index contributed by atoms with van der Waals surface area (Å²) in [5, 5.41) is 2.90. The quantitative estimate of drug-likeness (QED) is 0.712. The molecule has 1 N–H and O–H groups in total. The Morgan fingerprint density at radius 3 is 2.42 bits per heavy atom. The molecule has 1 fully saturated rings. The lowest BCUT2D eigenvalue weighted by atomic mass is 10.2. The lowest BCUT2D eigenvalue weighted by Gasteiger charge is -2.11. The van der Waals surface area contributed by atoms with Crippen LogP contribution < -0.4 is 5.32 Å². The van der Waals surface area contributed by atoms with Gasteiger partial charge in [0.15, 0.2) is 11.5 Å². The van der Waals surface area contributed by atoms with E-state index in [0.29, 0.717) is 0 Å². The van der Waals surface area contributed by atoms with Gasteiger partial charge in [-0.15, -0.1) is 0 Å². The Labute approximate surface area is 143 Å². The summed E-state index contributed by atoms with van der Waals surface area (Å²) < 4.78 is 68.3. The third kappa shape index (κ3) is 3.06. The molecule has 5 nitrogen and oxygen atoms in total. The number of fused-ring (bicyclic) bond motifs is 1. The highest BCUT2D eigenvalue weighted by atomic mass is 19.4. The lowest BCUT2D eigenvalue weighted by molar-refractivity contribution is -0.144. The fourth-order valence-corrected chi connectivity index (χ4v) is 2.56. The minimum Gasteiger partial charge on any atom is -0.365 e. The van der Waals surface area contributed by atoms with Crippen molar-refractivity contribution in [1.82, 2.24) is 19.5 Å². The van der Waals surface area contributed by atoms with Crippen molar-refractivity contribution in [2.75, 3.05) is 5.32 Å². The SMILES string of the molecule is Fc1cccc(F)c1Cn1cnc2c(NC3CC3)nc(C(F)(F)F)nc21. The van der Waals surface area contributed by atoms with Gasteiger partial charge < -0.3 is 9.88 Å². The zero-order valence-electron chi connectivity index (χ0n) is 13.2. The molecule has 0 bridgehead atoms. The van der Waals surface area contributed by atoms with Gasteiger partial charge in [-0.3, -0.25) is 0 Å². The van der Waals surface area contributed by atoms with E-state index in [9.17, 15) is 22.0 Å². The van der Waals surface area contributed by atoms with Crippen LogP contribution in [0.4, 0.5) is 27.8 Å². The van der Waals surface area contributed by atoms with Gasteiger partial charge in [0.25, 0.3) is 0 Å². The zero-order chi connectivity index (χ0) is 18.5. The van der Waals surface area contributed by atoms with E-state index in [1.165, 1.54) is 17.0 Å². The Balaban J connectivity index is 1.83. The maximum Gasteiger partial charge on any atom is 0.451 e. The first-order valence-electron chi connectivity index (χ1n) is 7.82. The van der Waals surface area contributed by atoms with Crippen molar-refractivity contribution in [2.45, 2.75) is 31.6 Å². The molecule has 0 amide bonds. The summed E-state index contributed by atoms with van der Waals surface area (Å²) in [6.07, 6.45) is -1.90.